The molecular formula is C18H15ClN2O2. The van der Waals surface area contributed by atoms with E-state index in [2.05, 4.69) is 5.32 Å². The molecule has 0 aliphatic rings. The number of anilines is 1. The average molecular weight is 327 g/mol. The van der Waals surface area contributed by atoms with E-state index in [-0.39, 0.29) is 0 Å². The minimum Gasteiger partial charge on any atom is -0.347 e. The summed E-state index contributed by atoms with van der Waals surface area (Å²) >= 11 is 6.02. The molecule has 0 unspecified atom stereocenters. The van der Waals surface area contributed by atoms with Crippen LogP contribution in [-0.2, 0) is 11.8 Å². The molecule has 0 saturated carbocycles. The summed E-state index contributed by atoms with van der Waals surface area (Å²) in [4.78, 5) is 25.0. The van der Waals surface area contributed by atoms with Crippen LogP contribution in [0.2, 0.25) is 5.02 Å². The molecule has 116 valence electrons. The van der Waals surface area contributed by atoms with Crippen LogP contribution in [0.25, 0.3) is 10.9 Å². The predicted molar refractivity (Wildman–Crippen MR) is 92.1 cm³/mol. The van der Waals surface area contributed by atoms with Crippen LogP contribution in [0.3, 0.4) is 0 Å². The number of para-hydroxylation sites is 2. The minimum atomic E-state index is -0.697. The summed E-state index contributed by atoms with van der Waals surface area (Å²) in [6.07, 6.45) is 0. The van der Waals surface area contributed by atoms with Crippen molar-refractivity contribution in [1.82, 2.24) is 4.57 Å². The van der Waals surface area contributed by atoms with Gasteiger partial charge in [-0.15, -0.1) is 0 Å². The third-order valence-electron chi connectivity index (χ3n) is 3.96. The highest BCUT2D eigenvalue weighted by atomic mass is 35.5. The van der Waals surface area contributed by atoms with Crippen LogP contribution < -0.4 is 5.32 Å². The highest BCUT2D eigenvalue weighted by molar-refractivity contribution is 6.49. The Morgan fingerprint density at radius 3 is 2.43 bits per heavy atom. The lowest BCUT2D eigenvalue weighted by Gasteiger charge is -2.06. The highest BCUT2D eigenvalue weighted by Gasteiger charge is 2.24. The number of halogens is 1. The molecule has 0 atom stereocenters. The number of fused-ring (bicyclic) bond motifs is 1. The number of nitrogens with one attached hydrogen (secondary N) is 1. The number of hydrogen-bond acceptors (Lipinski definition) is 2. The minimum absolute atomic E-state index is 0.392. The highest BCUT2D eigenvalue weighted by Crippen LogP contribution is 2.26. The van der Waals surface area contributed by atoms with Crippen LogP contribution >= 0.6 is 11.6 Å². The first-order chi connectivity index (χ1) is 11.0. The lowest BCUT2D eigenvalue weighted by molar-refractivity contribution is -0.112. The molecule has 23 heavy (non-hydrogen) atoms. The summed E-state index contributed by atoms with van der Waals surface area (Å²) in [5.41, 5.74) is 2.52. The summed E-state index contributed by atoms with van der Waals surface area (Å²) in [6.45, 7) is 1.83. The first-order valence-electron chi connectivity index (χ1n) is 7.15. The fourth-order valence-electron chi connectivity index (χ4n) is 2.66. The van der Waals surface area contributed by atoms with E-state index in [0.29, 0.717) is 16.3 Å². The second-order valence-corrected chi connectivity index (χ2v) is 5.71. The molecule has 1 heterocycles. The number of benzene rings is 2. The van der Waals surface area contributed by atoms with Gasteiger partial charge in [-0.25, -0.2) is 0 Å². The van der Waals surface area contributed by atoms with Crippen LogP contribution in [-0.4, -0.2) is 16.3 Å². The van der Waals surface area contributed by atoms with Crippen molar-refractivity contribution < 1.29 is 9.59 Å². The van der Waals surface area contributed by atoms with E-state index in [1.807, 2.05) is 42.8 Å². The lowest BCUT2D eigenvalue weighted by atomic mass is 10.1. The number of aryl methyl sites for hydroxylation is 1. The van der Waals surface area contributed by atoms with E-state index in [1.54, 1.807) is 24.3 Å². The van der Waals surface area contributed by atoms with Gasteiger partial charge >= 0.3 is 0 Å². The van der Waals surface area contributed by atoms with Crippen molar-refractivity contribution in [3.8, 4) is 0 Å². The Balaban J connectivity index is 1.99. The zero-order valence-corrected chi connectivity index (χ0v) is 13.5. The SMILES string of the molecule is Cc1c(C(=O)C(=O)Nc2ccccc2Cl)c2ccccc2n1C. The van der Waals surface area contributed by atoms with Crippen LogP contribution in [0.5, 0.6) is 0 Å². The van der Waals surface area contributed by atoms with Crippen molar-refractivity contribution in [2.24, 2.45) is 7.05 Å². The summed E-state index contributed by atoms with van der Waals surface area (Å²) in [7, 11) is 1.88. The first kappa shape index (κ1) is 15.3. The first-order valence-corrected chi connectivity index (χ1v) is 7.52. The molecular weight excluding hydrogens is 312 g/mol. The van der Waals surface area contributed by atoms with E-state index >= 15 is 0 Å². The quantitative estimate of drug-likeness (QED) is 0.585. The number of hydrogen-bond donors (Lipinski definition) is 1. The third kappa shape index (κ3) is 2.62. The fraction of sp³-hybridized carbons (Fsp3) is 0.111. The maximum absolute atomic E-state index is 12.6. The molecule has 5 heteroatoms. The Morgan fingerprint density at radius 1 is 1.04 bits per heavy atom. The molecule has 0 aliphatic carbocycles. The number of nitrogens with zero attached hydrogens (tertiary/aromatic N) is 1. The fourth-order valence-corrected chi connectivity index (χ4v) is 2.85. The van der Waals surface area contributed by atoms with E-state index in [9.17, 15) is 9.59 Å². The number of ketones is 1. The normalized spacial score (nSPS) is 10.7. The van der Waals surface area contributed by atoms with Crippen molar-refractivity contribution in [3.63, 3.8) is 0 Å². The molecule has 0 saturated heterocycles. The van der Waals surface area contributed by atoms with Crippen molar-refractivity contribution in [1.29, 1.82) is 0 Å². The maximum atomic E-state index is 12.6. The standard InChI is InChI=1S/C18H15ClN2O2/c1-11-16(12-7-3-6-10-15(12)21(11)2)17(22)18(23)20-14-9-5-4-8-13(14)19/h3-10H,1-2H3,(H,20,23). The molecule has 0 fully saturated rings. The van der Waals surface area contributed by atoms with Gasteiger partial charge in [0.25, 0.3) is 11.7 Å². The number of amides is 1. The molecule has 4 nitrogen and oxygen atoms in total. The Labute approximate surface area is 138 Å². The molecule has 3 rings (SSSR count). The molecule has 3 aromatic rings. The molecule has 2 aromatic carbocycles. The van der Waals surface area contributed by atoms with E-state index in [1.165, 1.54) is 0 Å². The Hall–Kier alpha value is -2.59. The molecule has 1 amide bonds. The van der Waals surface area contributed by atoms with Gasteiger partial charge in [-0.2, -0.15) is 0 Å². The summed E-state index contributed by atoms with van der Waals surface area (Å²) in [5, 5.41) is 3.74. The molecule has 0 radical (unpaired) electrons. The largest absolute Gasteiger partial charge is 0.347 e. The number of Topliss-reactive ketones (excluding diaryl/α,β-unsaturated/α-hetero) is 1. The second-order valence-electron chi connectivity index (χ2n) is 5.30. The van der Waals surface area contributed by atoms with Crippen LogP contribution in [0.1, 0.15) is 16.1 Å². The number of rotatable bonds is 3. The van der Waals surface area contributed by atoms with Gasteiger partial charge in [0, 0.05) is 23.6 Å². The predicted octanol–water partition coefficient (Wildman–Crippen LogP) is 3.96. The number of carbonyl (C=O) groups is 2. The van der Waals surface area contributed by atoms with E-state index in [0.717, 1.165) is 16.6 Å². The molecule has 1 N–H and O–H groups in total. The van der Waals surface area contributed by atoms with Gasteiger partial charge in [0.15, 0.2) is 0 Å². The third-order valence-corrected chi connectivity index (χ3v) is 4.28. The summed E-state index contributed by atoms with van der Waals surface area (Å²) in [5.74, 6) is -1.27. The monoisotopic (exact) mass is 326 g/mol. The molecule has 0 spiro atoms. The van der Waals surface area contributed by atoms with Gasteiger partial charge in [0.05, 0.1) is 16.3 Å². The van der Waals surface area contributed by atoms with Crippen LogP contribution in [0.15, 0.2) is 48.5 Å². The zero-order chi connectivity index (χ0) is 16.6. The van der Waals surface area contributed by atoms with Crippen molar-refractivity contribution in [3.05, 3.63) is 64.8 Å². The number of aromatic nitrogens is 1. The van der Waals surface area contributed by atoms with E-state index < -0.39 is 11.7 Å². The Bertz CT molecular complexity index is 928. The van der Waals surface area contributed by atoms with Gasteiger partial charge in [0.1, 0.15) is 0 Å². The molecule has 0 bridgehead atoms. The maximum Gasteiger partial charge on any atom is 0.296 e. The van der Waals surface area contributed by atoms with Crippen LogP contribution in [0, 0.1) is 6.92 Å². The molecule has 1 aromatic heterocycles. The van der Waals surface area contributed by atoms with Gasteiger partial charge in [-0.05, 0) is 25.1 Å². The van der Waals surface area contributed by atoms with E-state index in [4.69, 9.17) is 11.6 Å². The topological polar surface area (TPSA) is 51.1 Å². The summed E-state index contributed by atoms with van der Waals surface area (Å²) < 4.78 is 1.91. The Kier molecular flexibility index (Phi) is 3.92. The van der Waals surface area contributed by atoms with Gasteiger partial charge in [0.2, 0.25) is 0 Å². The smallest absolute Gasteiger partial charge is 0.296 e. The van der Waals surface area contributed by atoms with Crippen molar-refractivity contribution in [2.75, 3.05) is 5.32 Å². The zero-order valence-electron chi connectivity index (χ0n) is 12.8. The van der Waals surface area contributed by atoms with Crippen LogP contribution in [0.4, 0.5) is 5.69 Å². The van der Waals surface area contributed by atoms with Crippen molar-refractivity contribution >= 4 is 39.9 Å². The average Bonchev–Trinajstić information content (AvgIpc) is 2.81. The lowest BCUT2D eigenvalue weighted by Crippen LogP contribution is -2.23. The summed E-state index contributed by atoms with van der Waals surface area (Å²) in [6, 6.07) is 14.3. The number of carbonyl (C=O) groups excluding carboxylic acids is 2. The van der Waals surface area contributed by atoms with Gasteiger partial charge < -0.3 is 9.88 Å². The van der Waals surface area contributed by atoms with Crippen molar-refractivity contribution in [2.45, 2.75) is 6.92 Å². The Morgan fingerprint density at radius 2 is 1.70 bits per heavy atom. The van der Waals surface area contributed by atoms with Gasteiger partial charge in [-0.1, -0.05) is 41.9 Å². The second kappa shape index (κ2) is 5.89. The van der Waals surface area contributed by atoms with Gasteiger partial charge in [-0.3, -0.25) is 9.59 Å². The molecule has 0 aliphatic heterocycles.